The molecule has 0 atom stereocenters. The highest BCUT2D eigenvalue weighted by molar-refractivity contribution is 5.86. The second kappa shape index (κ2) is 6.39. The van der Waals surface area contributed by atoms with E-state index in [1.54, 1.807) is 6.92 Å². The van der Waals surface area contributed by atoms with Crippen molar-refractivity contribution in [2.75, 3.05) is 6.61 Å². The summed E-state index contributed by atoms with van der Waals surface area (Å²) in [4.78, 5) is 19.7. The van der Waals surface area contributed by atoms with E-state index in [0.29, 0.717) is 17.5 Å². The molecule has 2 rings (SSSR count). The Morgan fingerprint density at radius 1 is 1.26 bits per heavy atom. The third kappa shape index (κ3) is 4.08. The molecule has 0 aliphatic rings. The summed E-state index contributed by atoms with van der Waals surface area (Å²) in [5.74, 6) is -0.573. The standard InChI is InChI=1S/C15H15F3N2O3/c1-4-10-8(2)14(23-9(3)21)13-11(19-10)5-6-12(20-13)22-7-15(16,17)18/h5-6H,4,7H2,1-3H3. The Kier molecular flexibility index (Phi) is 4.72. The summed E-state index contributed by atoms with van der Waals surface area (Å²) in [6.07, 6.45) is -3.85. The third-order valence-corrected chi connectivity index (χ3v) is 3.06. The fraction of sp³-hybridized carbons (Fsp3) is 0.400. The zero-order chi connectivity index (χ0) is 17.2. The first kappa shape index (κ1) is 17.0. The summed E-state index contributed by atoms with van der Waals surface area (Å²) >= 11 is 0. The minimum absolute atomic E-state index is 0.189. The van der Waals surface area contributed by atoms with Gasteiger partial charge in [0.25, 0.3) is 0 Å². The summed E-state index contributed by atoms with van der Waals surface area (Å²) in [7, 11) is 0. The topological polar surface area (TPSA) is 61.3 Å². The number of aryl methyl sites for hydroxylation is 1. The Labute approximate surface area is 130 Å². The van der Waals surface area contributed by atoms with Crippen molar-refractivity contribution >= 4 is 17.0 Å². The molecule has 0 saturated heterocycles. The molecule has 0 bridgehead atoms. The lowest BCUT2D eigenvalue weighted by atomic mass is 10.1. The molecular formula is C15H15F3N2O3. The number of aromatic nitrogens is 2. The van der Waals surface area contributed by atoms with Gasteiger partial charge in [-0.1, -0.05) is 6.92 Å². The molecule has 124 valence electrons. The van der Waals surface area contributed by atoms with Crippen LogP contribution in [0.2, 0.25) is 0 Å². The maximum Gasteiger partial charge on any atom is 0.422 e. The lowest BCUT2D eigenvalue weighted by Gasteiger charge is -2.13. The van der Waals surface area contributed by atoms with Crippen LogP contribution in [0.4, 0.5) is 13.2 Å². The highest BCUT2D eigenvalue weighted by Crippen LogP contribution is 2.31. The lowest BCUT2D eigenvalue weighted by Crippen LogP contribution is -2.19. The number of nitrogens with zero attached hydrogens (tertiary/aromatic N) is 2. The van der Waals surface area contributed by atoms with Gasteiger partial charge in [-0.25, -0.2) is 4.98 Å². The molecule has 8 heteroatoms. The van der Waals surface area contributed by atoms with Crippen LogP contribution in [0.3, 0.4) is 0 Å². The molecule has 2 heterocycles. The lowest BCUT2D eigenvalue weighted by molar-refractivity contribution is -0.154. The average Bonchev–Trinajstić information content (AvgIpc) is 2.46. The maximum atomic E-state index is 12.2. The number of halogens is 3. The van der Waals surface area contributed by atoms with E-state index in [9.17, 15) is 18.0 Å². The molecule has 2 aromatic rings. The summed E-state index contributed by atoms with van der Waals surface area (Å²) < 4.78 is 46.5. The van der Waals surface area contributed by atoms with Crippen LogP contribution < -0.4 is 9.47 Å². The van der Waals surface area contributed by atoms with E-state index in [-0.39, 0.29) is 17.1 Å². The Morgan fingerprint density at radius 2 is 1.96 bits per heavy atom. The van der Waals surface area contributed by atoms with Gasteiger partial charge in [-0.15, -0.1) is 0 Å². The van der Waals surface area contributed by atoms with E-state index in [1.165, 1.54) is 19.1 Å². The Bertz CT molecular complexity index is 745. The van der Waals surface area contributed by atoms with Crippen LogP contribution in [-0.2, 0) is 11.2 Å². The van der Waals surface area contributed by atoms with Crippen LogP contribution in [-0.4, -0.2) is 28.7 Å². The van der Waals surface area contributed by atoms with Crippen molar-refractivity contribution in [2.24, 2.45) is 0 Å². The molecule has 0 spiro atoms. The first-order chi connectivity index (χ1) is 10.7. The van der Waals surface area contributed by atoms with Gasteiger partial charge in [-0.3, -0.25) is 9.78 Å². The fourth-order valence-corrected chi connectivity index (χ4v) is 2.08. The maximum absolute atomic E-state index is 12.2. The van der Waals surface area contributed by atoms with Gasteiger partial charge in [-0.05, 0) is 19.4 Å². The van der Waals surface area contributed by atoms with Gasteiger partial charge in [-0.2, -0.15) is 13.2 Å². The molecule has 2 aromatic heterocycles. The number of rotatable bonds is 4. The normalized spacial score (nSPS) is 11.6. The number of hydrogen-bond acceptors (Lipinski definition) is 5. The van der Waals surface area contributed by atoms with Crippen molar-refractivity contribution in [1.82, 2.24) is 9.97 Å². The number of carbonyl (C=O) groups is 1. The van der Waals surface area contributed by atoms with Crippen LogP contribution in [0.5, 0.6) is 11.6 Å². The summed E-state index contributed by atoms with van der Waals surface area (Å²) in [5, 5.41) is 0. The van der Waals surface area contributed by atoms with E-state index < -0.39 is 18.8 Å². The Morgan fingerprint density at radius 3 is 2.52 bits per heavy atom. The van der Waals surface area contributed by atoms with Crippen molar-refractivity contribution in [3.63, 3.8) is 0 Å². The van der Waals surface area contributed by atoms with Gasteiger partial charge in [0, 0.05) is 24.2 Å². The number of pyridine rings is 2. The predicted octanol–water partition coefficient (Wildman–Crippen LogP) is 3.37. The number of ether oxygens (including phenoxy) is 2. The van der Waals surface area contributed by atoms with E-state index >= 15 is 0 Å². The van der Waals surface area contributed by atoms with Crippen LogP contribution in [0.25, 0.3) is 11.0 Å². The number of carbonyl (C=O) groups excluding carboxylic acids is 1. The summed E-state index contributed by atoms with van der Waals surface area (Å²) in [5.41, 5.74) is 1.95. The second-order valence-electron chi connectivity index (χ2n) is 4.88. The van der Waals surface area contributed by atoms with Gasteiger partial charge >= 0.3 is 12.1 Å². The zero-order valence-electron chi connectivity index (χ0n) is 12.8. The molecule has 5 nitrogen and oxygen atoms in total. The molecule has 0 amide bonds. The van der Waals surface area contributed by atoms with E-state index in [4.69, 9.17) is 4.74 Å². The second-order valence-corrected chi connectivity index (χ2v) is 4.88. The average molecular weight is 328 g/mol. The van der Waals surface area contributed by atoms with Crippen molar-refractivity contribution in [2.45, 2.75) is 33.4 Å². The van der Waals surface area contributed by atoms with Crippen LogP contribution in [0, 0.1) is 6.92 Å². The molecule has 0 unspecified atom stereocenters. The molecule has 0 saturated carbocycles. The van der Waals surface area contributed by atoms with Gasteiger partial charge in [0.1, 0.15) is 5.52 Å². The van der Waals surface area contributed by atoms with Crippen LogP contribution >= 0.6 is 0 Å². The molecule has 0 fully saturated rings. The molecule has 0 radical (unpaired) electrons. The third-order valence-electron chi connectivity index (χ3n) is 3.06. The molecular weight excluding hydrogens is 313 g/mol. The molecule has 0 aromatic carbocycles. The van der Waals surface area contributed by atoms with Gasteiger partial charge in [0.05, 0.1) is 5.52 Å². The van der Waals surface area contributed by atoms with Crippen molar-refractivity contribution < 1.29 is 27.4 Å². The van der Waals surface area contributed by atoms with Crippen molar-refractivity contribution in [1.29, 1.82) is 0 Å². The quantitative estimate of drug-likeness (QED) is 0.805. The van der Waals surface area contributed by atoms with E-state index in [2.05, 4.69) is 14.7 Å². The van der Waals surface area contributed by atoms with E-state index in [0.717, 1.165) is 5.69 Å². The predicted molar refractivity (Wildman–Crippen MR) is 76.5 cm³/mol. The number of esters is 1. The number of fused-ring (bicyclic) bond motifs is 1. The Hall–Kier alpha value is -2.38. The number of alkyl halides is 3. The summed E-state index contributed by atoms with van der Waals surface area (Å²) in [6, 6.07) is 2.78. The van der Waals surface area contributed by atoms with Gasteiger partial charge in [0.2, 0.25) is 5.88 Å². The minimum atomic E-state index is -4.46. The largest absolute Gasteiger partial charge is 0.468 e. The smallest absolute Gasteiger partial charge is 0.422 e. The zero-order valence-corrected chi connectivity index (χ0v) is 12.8. The van der Waals surface area contributed by atoms with Crippen LogP contribution in [0.15, 0.2) is 12.1 Å². The molecule has 23 heavy (non-hydrogen) atoms. The highest BCUT2D eigenvalue weighted by Gasteiger charge is 2.28. The fourth-order valence-electron chi connectivity index (χ4n) is 2.08. The van der Waals surface area contributed by atoms with Gasteiger partial charge in [0.15, 0.2) is 12.4 Å². The van der Waals surface area contributed by atoms with Crippen LogP contribution in [0.1, 0.15) is 25.1 Å². The summed E-state index contributed by atoms with van der Waals surface area (Å²) in [6.45, 7) is 3.40. The monoisotopic (exact) mass is 328 g/mol. The first-order valence-electron chi connectivity index (χ1n) is 6.89. The molecule has 0 aliphatic heterocycles. The SMILES string of the molecule is CCc1nc2ccc(OCC(F)(F)F)nc2c(OC(C)=O)c1C. The van der Waals surface area contributed by atoms with Crippen molar-refractivity contribution in [3.8, 4) is 11.6 Å². The first-order valence-corrected chi connectivity index (χ1v) is 6.89. The van der Waals surface area contributed by atoms with Crippen molar-refractivity contribution in [3.05, 3.63) is 23.4 Å². The number of hydrogen-bond donors (Lipinski definition) is 0. The molecule has 0 N–H and O–H groups in total. The molecule has 0 aliphatic carbocycles. The minimum Gasteiger partial charge on any atom is -0.468 e. The van der Waals surface area contributed by atoms with Gasteiger partial charge < -0.3 is 9.47 Å². The Balaban J connectivity index is 2.52. The highest BCUT2D eigenvalue weighted by atomic mass is 19.4. The van der Waals surface area contributed by atoms with E-state index in [1.807, 2.05) is 6.92 Å².